The number of likely N-dealkylation sites (tertiary alicyclic amines) is 1. The fourth-order valence-corrected chi connectivity index (χ4v) is 5.02. The molecule has 4 rings (SSSR count). The normalized spacial score (nSPS) is 17.2. The Labute approximate surface area is 196 Å². The molecule has 3 aromatic rings. The summed E-state index contributed by atoms with van der Waals surface area (Å²) in [6.07, 6.45) is 4.93. The summed E-state index contributed by atoms with van der Waals surface area (Å²) in [5, 5.41) is 10.5. The van der Waals surface area contributed by atoms with E-state index in [2.05, 4.69) is 36.9 Å². The summed E-state index contributed by atoms with van der Waals surface area (Å²) in [6, 6.07) is 14.8. The minimum absolute atomic E-state index is 0.288. The number of hydrogen-bond donors (Lipinski definition) is 0. The first kappa shape index (κ1) is 23.1. The van der Waals surface area contributed by atoms with Crippen molar-refractivity contribution in [1.82, 2.24) is 9.47 Å². The predicted molar refractivity (Wildman–Crippen MR) is 131 cm³/mol. The number of aromatic nitrogens is 1. The molecule has 5 heteroatoms. The highest BCUT2D eigenvalue weighted by Gasteiger charge is 2.27. The van der Waals surface area contributed by atoms with Crippen LogP contribution in [-0.2, 0) is 11.3 Å². The minimum atomic E-state index is -0.548. The molecule has 1 aromatic heterocycles. The van der Waals surface area contributed by atoms with Crippen molar-refractivity contribution in [2.45, 2.75) is 72.1 Å². The number of fused-ring (bicyclic) bond motifs is 1. The van der Waals surface area contributed by atoms with Crippen LogP contribution in [0.4, 0.5) is 4.79 Å². The van der Waals surface area contributed by atoms with Crippen molar-refractivity contribution in [3.05, 3.63) is 70.4 Å². The Morgan fingerprint density at radius 1 is 1.15 bits per heavy atom. The third kappa shape index (κ3) is 4.82. The van der Waals surface area contributed by atoms with Crippen molar-refractivity contribution in [3.63, 3.8) is 0 Å². The number of piperidine rings is 1. The number of aryl methyl sites for hydroxylation is 2. The number of ether oxygens (including phenoxy) is 1. The van der Waals surface area contributed by atoms with Gasteiger partial charge in [-0.1, -0.05) is 24.6 Å². The van der Waals surface area contributed by atoms with E-state index in [1.54, 1.807) is 4.57 Å². The van der Waals surface area contributed by atoms with E-state index < -0.39 is 5.60 Å². The van der Waals surface area contributed by atoms with Crippen LogP contribution in [0.3, 0.4) is 0 Å². The van der Waals surface area contributed by atoms with Crippen molar-refractivity contribution in [2.75, 3.05) is 6.54 Å². The summed E-state index contributed by atoms with van der Waals surface area (Å²) in [5.74, 6) is 0. The second-order valence-electron chi connectivity index (χ2n) is 10.1. The van der Waals surface area contributed by atoms with Crippen molar-refractivity contribution in [2.24, 2.45) is 0 Å². The zero-order chi connectivity index (χ0) is 23.8. The Kier molecular flexibility index (Phi) is 6.32. The summed E-state index contributed by atoms with van der Waals surface area (Å²) in [4.78, 5) is 15.4. The van der Waals surface area contributed by atoms with Gasteiger partial charge in [0.05, 0.1) is 17.1 Å². The molecule has 1 fully saturated rings. The van der Waals surface area contributed by atoms with E-state index in [0.717, 1.165) is 36.0 Å². The highest BCUT2D eigenvalue weighted by atomic mass is 16.6. The minimum Gasteiger partial charge on any atom is -0.443 e. The van der Waals surface area contributed by atoms with E-state index in [0.29, 0.717) is 5.56 Å². The van der Waals surface area contributed by atoms with E-state index in [9.17, 15) is 10.1 Å². The quantitative estimate of drug-likeness (QED) is 0.455. The fraction of sp³-hybridized carbons (Fsp3) is 0.429. The fourth-order valence-electron chi connectivity index (χ4n) is 5.02. The Bertz CT molecular complexity index is 1230. The molecule has 1 atom stereocenters. The van der Waals surface area contributed by atoms with E-state index in [1.807, 2.05) is 51.2 Å². The molecule has 1 aliphatic heterocycles. The van der Waals surface area contributed by atoms with Crippen LogP contribution in [-0.4, -0.2) is 27.7 Å². The molecule has 33 heavy (non-hydrogen) atoms. The average Bonchev–Trinajstić information content (AvgIpc) is 3.22. The van der Waals surface area contributed by atoms with Gasteiger partial charge in [0.2, 0.25) is 0 Å². The van der Waals surface area contributed by atoms with Crippen molar-refractivity contribution in [1.29, 1.82) is 5.26 Å². The molecular weight excluding hydrogens is 410 g/mol. The number of rotatable bonds is 3. The third-order valence-electron chi connectivity index (χ3n) is 6.46. The lowest BCUT2D eigenvalue weighted by Crippen LogP contribution is -2.33. The smallest absolute Gasteiger partial charge is 0.418 e. The summed E-state index contributed by atoms with van der Waals surface area (Å²) in [5.41, 5.74) is 5.85. The van der Waals surface area contributed by atoms with E-state index in [1.165, 1.54) is 29.5 Å². The molecule has 0 bridgehead atoms. The van der Waals surface area contributed by atoms with Crippen LogP contribution in [0.5, 0.6) is 0 Å². The monoisotopic (exact) mass is 443 g/mol. The SMILES string of the molecule is Cc1cc(C)c2c(ccn2C(=O)OC(C)(C)C)c1CN1CCCCC1c1cccc(C#N)c1. The van der Waals surface area contributed by atoms with Gasteiger partial charge in [0, 0.05) is 24.2 Å². The average molecular weight is 444 g/mol. The zero-order valence-electron chi connectivity index (χ0n) is 20.3. The highest BCUT2D eigenvalue weighted by molar-refractivity contribution is 5.94. The molecule has 2 heterocycles. The van der Waals surface area contributed by atoms with Crippen molar-refractivity contribution in [3.8, 4) is 6.07 Å². The van der Waals surface area contributed by atoms with Gasteiger partial charge >= 0.3 is 6.09 Å². The van der Waals surface area contributed by atoms with E-state index in [4.69, 9.17) is 4.74 Å². The van der Waals surface area contributed by atoms with Crippen LogP contribution < -0.4 is 0 Å². The van der Waals surface area contributed by atoms with Gasteiger partial charge in [-0.05, 0) is 94.5 Å². The molecule has 1 saturated heterocycles. The number of carbonyl (C=O) groups is 1. The highest BCUT2D eigenvalue weighted by Crippen LogP contribution is 2.35. The number of benzene rings is 2. The molecule has 0 amide bonds. The molecule has 0 radical (unpaired) electrons. The van der Waals surface area contributed by atoms with Gasteiger partial charge in [0.15, 0.2) is 0 Å². The molecular formula is C28H33N3O2. The number of hydrogen-bond acceptors (Lipinski definition) is 4. The lowest BCUT2D eigenvalue weighted by atomic mass is 9.92. The van der Waals surface area contributed by atoms with Crippen LogP contribution in [0.15, 0.2) is 42.6 Å². The lowest BCUT2D eigenvalue weighted by molar-refractivity contribution is 0.0544. The van der Waals surface area contributed by atoms with Crippen LogP contribution in [0.2, 0.25) is 0 Å². The number of nitrogens with zero attached hydrogens (tertiary/aromatic N) is 3. The molecule has 5 nitrogen and oxygen atoms in total. The first-order chi connectivity index (χ1) is 15.7. The van der Waals surface area contributed by atoms with Crippen molar-refractivity contribution < 1.29 is 9.53 Å². The molecule has 0 saturated carbocycles. The van der Waals surface area contributed by atoms with Gasteiger partial charge in [0.25, 0.3) is 0 Å². The maximum atomic E-state index is 12.9. The van der Waals surface area contributed by atoms with Gasteiger partial charge < -0.3 is 4.74 Å². The van der Waals surface area contributed by atoms with Gasteiger partial charge in [0.1, 0.15) is 5.60 Å². The van der Waals surface area contributed by atoms with Gasteiger partial charge in [-0.3, -0.25) is 9.47 Å². The first-order valence-corrected chi connectivity index (χ1v) is 11.8. The van der Waals surface area contributed by atoms with Crippen LogP contribution >= 0.6 is 0 Å². The third-order valence-corrected chi connectivity index (χ3v) is 6.46. The molecule has 2 aromatic carbocycles. The van der Waals surface area contributed by atoms with Gasteiger partial charge in [-0.2, -0.15) is 5.26 Å². The summed E-state index contributed by atoms with van der Waals surface area (Å²) < 4.78 is 7.29. The van der Waals surface area contributed by atoms with Gasteiger partial charge in [-0.15, -0.1) is 0 Å². The Morgan fingerprint density at radius 3 is 2.67 bits per heavy atom. The Balaban J connectivity index is 1.72. The predicted octanol–water partition coefficient (Wildman–Crippen LogP) is 6.64. The Hall–Kier alpha value is -3.10. The summed E-state index contributed by atoms with van der Waals surface area (Å²) >= 11 is 0. The molecule has 1 aliphatic rings. The molecule has 1 unspecified atom stereocenters. The van der Waals surface area contributed by atoms with Crippen LogP contribution in [0, 0.1) is 25.2 Å². The maximum absolute atomic E-state index is 12.9. The Morgan fingerprint density at radius 2 is 1.94 bits per heavy atom. The second-order valence-corrected chi connectivity index (χ2v) is 10.1. The largest absolute Gasteiger partial charge is 0.443 e. The summed E-state index contributed by atoms with van der Waals surface area (Å²) in [6.45, 7) is 11.7. The molecule has 0 spiro atoms. The standard InChI is InChI=1S/C28H33N3O2/c1-19-15-20(2)26-23(12-14-31(26)27(32)33-28(3,4)5)24(19)18-30-13-7-6-11-25(30)22-10-8-9-21(16-22)17-29/h8-10,12,14-16,25H,6-7,11,13,18H2,1-5H3. The van der Waals surface area contributed by atoms with Crippen LogP contribution in [0.1, 0.15) is 73.9 Å². The maximum Gasteiger partial charge on any atom is 0.418 e. The van der Waals surface area contributed by atoms with E-state index >= 15 is 0 Å². The molecule has 172 valence electrons. The second kappa shape index (κ2) is 9.03. The number of carbonyl (C=O) groups excluding carboxylic acids is 1. The van der Waals surface area contributed by atoms with Gasteiger partial charge in [-0.25, -0.2) is 4.79 Å². The number of nitriles is 1. The van der Waals surface area contributed by atoms with E-state index in [-0.39, 0.29) is 12.1 Å². The van der Waals surface area contributed by atoms with Crippen molar-refractivity contribution >= 4 is 17.0 Å². The zero-order valence-corrected chi connectivity index (χ0v) is 20.3. The lowest BCUT2D eigenvalue weighted by Gasteiger charge is -2.36. The summed E-state index contributed by atoms with van der Waals surface area (Å²) in [7, 11) is 0. The van der Waals surface area contributed by atoms with Crippen LogP contribution in [0.25, 0.3) is 10.9 Å². The first-order valence-electron chi connectivity index (χ1n) is 11.8. The topological polar surface area (TPSA) is 58.3 Å². The molecule has 0 aliphatic carbocycles. The molecule has 0 N–H and O–H groups in total.